The average Bonchev–Trinajstić information content (AvgIpc) is 2.28. The first-order valence-electron chi connectivity index (χ1n) is 5.47. The number of nitrogens with one attached hydrogen (secondary N) is 1. The Bertz CT molecular complexity index is 493. The second-order valence-corrected chi connectivity index (χ2v) is 4.81. The molecule has 2 rings (SSSR count). The van der Waals surface area contributed by atoms with Crippen LogP contribution in [0.5, 0.6) is 5.75 Å². The van der Waals surface area contributed by atoms with Crippen LogP contribution in [0.15, 0.2) is 22.7 Å². The molecule has 104 valence electrons. The summed E-state index contributed by atoms with van der Waals surface area (Å²) in [4.78, 5) is 12.9. The Kier molecular flexibility index (Phi) is 3.88. The molecule has 1 aliphatic heterocycles. The summed E-state index contributed by atoms with van der Waals surface area (Å²) in [6, 6.07) is 3.72. The van der Waals surface area contributed by atoms with Gasteiger partial charge in [0.1, 0.15) is 0 Å². The zero-order valence-electron chi connectivity index (χ0n) is 9.63. The van der Waals surface area contributed by atoms with E-state index < -0.39 is 18.1 Å². The van der Waals surface area contributed by atoms with Crippen LogP contribution in [-0.2, 0) is 0 Å². The first-order chi connectivity index (χ1) is 8.87. The lowest BCUT2D eigenvalue weighted by Gasteiger charge is -2.29. The van der Waals surface area contributed by atoms with Gasteiger partial charge in [-0.1, -0.05) is 15.9 Å². The fourth-order valence-electron chi connectivity index (χ4n) is 1.78. The van der Waals surface area contributed by atoms with Crippen molar-refractivity contribution in [3.05, 3.63) is 22.7 Å². The van der Waals surface area contributed by atoms with Crippen LogP contribution in [0.2, 0.25) is 0 Å². The van der Waals surface area contributed by atoms with Crippen molar-refractivity contribution in [3.8, 4) is 5.75 Å². The molecule has 1 N–H and O–H groups in total. The Labute approximate surface area is 115 Å². The maximum absolute atomic E-state index is 12.4. The van der Waals surface area contributed by atoms with Crippen molar-refractivity contribution in [2.75, 3.05) is 18.0 Å². The number of benzene rings is 1. The molecule has 4 nitrogen and oxygen atoms in total. The molecule has 1 fully saturated rings. The van der Waals surface area contributed by atoms with Crippen molar-refractivity contribution >= 4 is 27.6 Å². The van der Waals surface area contributed by atoms with E-state index in [-0.39, 0.29) is 5.69 Å². The molecule has 0 aromatic heterocycles. The normalized spacial score (nSPS) is 16.2. The number of amides is 2. The number of nitrogens with zero attached hydrogens (tertiary/aromatic N) is 1. The van der Waals surface area contributed by atoms with Gasteiger partial charge in [-0.25, -0.2) is 4.79 Å². The van der Waals surface area contributed by atoms with Gasteiger partial charge >= 0.3 is 12.4 Å². The third-order valence-corrected chi connectivity index (χ3v) is 3.01. The lowest BCUT2D eigenvalue weighted by Crippen LogP contribution is -2.46. The summed E-state index contributed by atoms with van der Waals surface area (Å²) in [5.74, 6) is -0.404. The number of hydrogen-bond donors (Lipinski definition) is 1. The number of hydrogen-bond acceptors (Lipinski definition) is 2. The second-order valence-electron chi connectivity index (χ2n) is 3.90. The van der Waals surface area contributed by atoms with Crippen molar-refractivity contribution in [1.82, 2.24) is 5.32 Å². The third kappa shape index (κ3) is 3.52. The number of anilines is 1. The highest BCUT2D eigenvalue weighted by Gasteiger charge is 2.34. The number of alkyl halides is 3. The third-order valence-electron chi connectivity index (χ3n) is 2.52. The number of halogens is 4. The highest BCUT2D eigenvalue weighted by Crippen LogP contribution is 2.35. The number of rotatable bonds is 2. The number of ether oxygens (including phenoxy) is 1. The van der Waals surface area contributed by atoms with Crippen LogP contribution in [0.25, 0.3) is 0 Å². The lowest BCUT2D eigenvalue weighted by atomic mass is 10.2. The number of carbonyl (C=O) groups excluding carboxylic acids is 1. The molecule has 8 heteroatoms. The molecule has 1 saturated heterocycles. The molecule has 1 aromatic rings. The molecule has 1 aliphatic rings. The van der Waals surface area contributed by atoms with Gasteiger partial charge in [0.15, 0.2) is 5.75 Å². The Morgan fingerprint density at radius 1 is 1.37 bits per heavy atom. The maximum Gasteiger partial charge on any atom is 0.573 e. The largest absolute Gasteiger partial charge is 0.573 e. The average molecular weight is 339 g/mol. The van der Waals surface area contributed by atoms with Crippen LogP contribution in [0, 0.1) is 0 Å². The van der Waals surface area contributed by atoms with Gasteiger partial charge < -0.3 is 10.1 Å². The molecule has 0 unspecified atom stereocenters. The molecule has 0 spiro atoms. The minimum atomic E-state index is -4.80. The molecule has 19 heavy (non-hydrogen) atoms. The molecule has 0 saturated carbocycles. The maximum atomic E-state index is 12.4. The molecule has 0 atom stereocenters. The van der Waals surface area contributed by atoms with Crippen molar-refractivity contribution in [2.45, 2.75) is 12.8 Å². The van der Waals surface area contributed by atoms with Crippen LogP contribution < -0.4 is 15.0 Å². The van der Waals surface area contributed by atoms with Gasteiger partial charge in [-0.05, 0) is 24.6 Å². The summed E-state index contributed by atoms with van der Waals surface area (Å²) in [6.07, 6.45) is -4.14. The molecule has 1 heterocycles. The summed E-state index contributed by atoms with van der Waals surface area (Å²) in [6.45, 7) is 0.864. The lowest BCUT2D eigenvalue weighted by molar-refractivity contribution is -0.274. The van der Waals surface area contributed by atoms with E-state index >= 15 is 0 Å². The van der Waals surface area contributed by atoms with Crippen molar-refractivity contribution in [3.63, 3.8) is 0 Å². The van der Waals surface area contributed by atoms with Crippen LogP contribution in [0.4, 0.5) is 23.7 Å². The standard InChI is InChI=1S/C11H10BrF3N2O2/c12-7-2-3-8(9(6-7)19-11(13,14)15)17-5-1-4-16-10(17)18/h2-3,6H,1,4-5H2,(H,16,18). The predicted molar refractivity (Wildman–Crippen MR) is 66.2 cm³/mol. The van der Waals surface area contributed by atoms with E-state index in [0.717, 1.165) is 0 Å². The minimum Gasteiger partial charge on any atom is -0.404 e. The summed E-state index contributed by atoms with van der Waals surface area (Å²) < 4.78 is 41.5. The van der Waals surface area contributed by atoms with Gasteiger partial charge in [-0.15, -0.1) is 13.2 Å². The molecule has 2 amide bonds. The number of urea groups is 1. The highest BCUT2D eigenvalue weighted by molar-refractivity contribution is 9.10. The summed E-state index contributed by atoms with van der Waals surface area (Å²) in [5, 5.41) is 2.57. The van der Waals surface area contributed by atoms with E-state index in [0.29, 0.717) is 24.0 Å². The molecule has 0 radical (unpaired) electrons. The van der Waals surface area contributed by atoms with E-state index in [4.69, 9.17) is 0 Å². The van der Waals surface area contributed by atoms with Gasteiger partial charge in [0.25, 0.3) is 0 Å². The van der Waals surface area contributed by atoms with E-state index in [9.17, 15) is 18.0 Å². The van der Waals surface area contributed by atoms with E-state index in [2.05, 4.69) is 26.0 Å². The van der Waals surface area contributed by atoms with Crippen LogP contribution in [-0.4, -0.2) is 25.5 Å². The summed E-state index contributed by atoms with van der Waals surface area (Å²) >= 11 is 3.08. The van der Waals surface area contributed by atoms with Crippen LogP contribution >= 0.6 is 15.9 Å². The molecule has 0 aliphatic carbocycles. The predicted octanol–water partition coefficient (Wildman–Crippen LogP) is 3.27. The first-order valence-corrected chi connectivity index (χ1v) is 6.27. The zero-order chi connectivity index (χ0) is 14.0. The van der Waals surface area contributed by atoms with Crippen molar-refractivity contribution in [2.24, 2.45) is 0 Å². The SMILES string of the molecule is O=C1NCCCN1c1ccc(Br)cc1OC(F)(F)F. The highest BCUT2D eigenvalue weighted by atomic mass is 79.9. The number of carbonyl (C=O) groups is 1. The van der Waals surface area contributed by atoms with Gasteiger partial charge in [-0.3, -0.25) is 4.90 Å². The summed E-state index contributed by atoms with van der Waals surface area (Å²) in [7, 11) is 0. The second kappa shape index (κ2) is 5.28. The Balaban J connectivity index is 2.35. The monoisotopic (exact) mass is 338 g/mol. The quantitative estimate of drug-likeness (QED) is 0.899. The molecular formula is C11H10BrF3N2O2. The van der Waals surface area contributed by atoms with E-state index in [1.807, 2.05) is 0 Å². The van der Waals surface area contributed by atoms with Gasteiger partial charge in [0.05, 0.1) is 5.69 Å². The first kappa shape index (κ1) is 14.0. The smallest absolute Gasteiger partial charge is 0.404 e. The van der Waals surface area contributed by atoms with E-state index in [1.54, 1.807) is 6.07 Å². The molecule has 0 bridgehead atoms. The molecular weight excluding hydrogens is 329 g/mol. The van der Waals surface area contributed by atoms with E-state index in [1.165, 1.54) is 17.0 Å². The zero-order valence-corrected chi connectivity index (χ0v) is 11.2. The fourth-order valence-corrected chi connectivity index (χ4v) is 2.12. The van der Waals surface area contributed by atoms with Crippen molar-refractivity contribution in [1.29, 1.82) is 0 Å². The Morgan fingerprint density at radius 3 is 2.74 bits per heavy atom. The van der Waals surface area contributed by atoms with Crippen molar-refractivity contribution < 1.29 is 22.7 Å². The summed E-state index contributed by atoms with van der Waals surface area (Å²) in [5.41, 5.74) is 0.0951. The Hall–Kier alpha value is -1.44. The van der Waals surface area contributed by atoms with Gasteiger partial charge in [0.2, 0.25) is 0 Å². The molecule has 1 aromatic carbocycles. The van der Waals surface area contributed by atoms with Crippen LogP contribution in [0.1, 0.15) is 6.42 Å². The van der Waals surface area contributed by atoms with Gasteiger partial charge in [0, 0.05) is 17.6 Å². The minimum absolute atomic E-state index is 0.0951. The van der Waals surface area contributed by atoms with Gasteiger partial charge in [-0.2, -0.15) is 0 Å². The fraction of sp³-hybridized carbons (Fsp3) is 0.364. The Morgan fingerprint density at radius 2 is 2.11 bits per heavy atom. The van der Waals surface area contributed by atoms with Crippen LogP contribution in [0.3, 0.4) is 0 Å². The topological polar surface area (TPSA) is 41.6 Å².